The minimum absolute atomic E-state index is 0.116. The highest BCUT2D eigenvalue weighted by Crippen LogP contribution is 2.29. The van der Waals surface area contributed by atoms with E-state index in [2.05, 4.69) is 41.5 Å². The number of carbonyl (C=O) groups is 2. The van der Waals surface area contributed by atoms with Gasteiger partial charge < -0.3 is 9.47 Å². The zero-order valence-electron chi connectivity index (χ0n) is 20.0. The first-order valence-electron chi connectivity index (χ1n) is 11.8. The molecule has 0 spiro atoms. The van der Waals surface area contributed by atoms with Crippen molar-refractivity contribution in [3.05, 3.63) is 11.1 Å². The zero-order chi connectivity index (χ0) is 22.1. The lowest BCUT2D eigenvalue weighted by Gasteiger charge is -2.22. The first-order valence-corrected chi connectivity index (χ1v) is 11.8. The van der Waals surface area contributed by atoms with Crippen LogP contribution in [0.4, 0.5) is 0 Å². The molecule has 0 saturated carbocycles. The topological polar surface area (TPSA) is 52.6 Å². The largest absolute Gasteiger partial charge is 0.462 e. The van der Waals surface area contributed by atoms with Crippen LogP contribution in [0.15, 0.2) is 11.1 Å². The van der Waals surface area contributed by atoms with Crippen molar-refractivity contribution in [2.75, 3.05) is 13.2 Å². The third kappa shape index (κ3) is 14.3. The van der Waals surface area contributed by atoms with Crippen LogP contribution in [0, 0.1) is 5.41 Å². The normalized spacial score (nSPS) is 12.5. The molecule has 0 saturated heterocycles. The molecule has 170 valence electrons. The van der Waals surface area contributed by atoms with Gasteiger partial charge in [-0.1, -0.05) is 86.5 Å². The highest BCUT2D eigenvalue weighted by molar-refractivity contribution is 6.00. The molecule has 0 fully saturated rings. The quantitative estimate of drug-likeness (QED) is 0.154. The number of ether oxygens (including phenoxy) is 2. The number of unbranched alkanes of at least 4 members (excludes halogenated alkanes) is 7. The molecular weight excluding hydrogens is 364 g/mol. The van der Waals surface area contributed by atoms with Crippen LogP contribution >= 0.6 is 0 Å². The van der Waals surface area contributed by atoms with Gasteiger partial charge in [0.05, 0.1) is 13.2 Å². The molecule has 0 aliphatic carbocycles. The van der Waals surface area contributed by atoms with Crippen LogP contribution in [-0.2, 0) is 19.1 Å². The van der Waals surface area contributed by atoms with Gasteiger partial charge in [-0.25, -0.2) is 9.59 Å². The monoisotopic (exact) mass is 410 g/mol. The predicted molar refractivity (Wildman–Crippen MR) is 121 cm³/mol. The fraction of sp³-hybridized carbons (Fsp3) is 0.840. The van der Waals surface area contributed by atoms with Gasteiger partial charge in [0.15, 0.2) is 0 Å². The van der Waals surface area contributed by atoms with Gasteiger partial charge in [0.1, 0.15) is 0 Å². The molecule has 0 aromatic carbocycles. The Hall–Kier alpha value is -1.32. The molecule has 0 unspecified atom stereocenters. The van der Waals surface area contributed by atoms with Crippen molar-refractivity contribution in [1.29, 1.82) is 0 Å². The van der Waals surface area contributed by atoms with Gasteiger partial charge in [0.25, 0.3) is 0 Å². The second-order valence-corrected chi connectivity index (χ2v) is 9.19. The Balaban J connectivity index is 5.44. The van der Waals surface area contributed by atoms with Crippen LogP contribution in [-0.4, -0.2) is 25.2 Å². The van der Waals surface area contributed by atoms with Gasteiger partial charge in [-0.2, -0.15) is 0 Å². The molecule has 0 aliphatic rings. The summed E-state index contributed by atoms with van der Waals surface area (Å²) in [6.07, 6.45) is 11.6. The summed E-state index contributed by atoms with van der Waals surface area (Å²) in [4.78, 5) is 25.7. The molecule has 0 heterocycles. The van der Waals surface area contributed by atoms with Crippen molar-refractivity contribution in [3.63, 3.8) is 0 Å². The van der Waals surface area contributed by atoms with E-state index in [-0.39, 0.29) is 17.4 Å². The predicted octanol–water partition coefficient (Wildman–Crippen LogP) is 7.16. The van der Waals surface area contributed by atoms with Crippen LogP contribution in [0.2, 0.25) is 0 Å². The maximum Gasteiger partial charge on any atom is 0.334 e. The molecule has 0 aromatic rings. The lowest BCUT2D eigenvalue weighted by Crippen LogP contribution is -2.21. The average molecular weight is 411 g/mol. The van der Waals surface area contributed by atoms with Gasteiger partial charge in [-0.05, 0) is 37.5 Å². The molecule has 0 atom stereocenters. The van der Waals surface area contributed by atoms with E-state index in [4.69, 9.17) is 9.47 Å². The Morgan fingerprint density at radius 3 is 1.55 bits per heavy atom. The van der Waals surface area contributed by atoms with Crippen LogP contribution in [0.25, 0.3) is 0 Å². The highest BCUT2D eigenvalue weighted by Gasteiger charge is 2.27. The number of rotatable bonds is 16. The number of esters is 2. The fourth-order valence-electron chi connectivity index (χ4n) is 3.08. The summed E-state index contributed by atoms with van der Waals surface area (Å²) in [6.45, 7) is 13.4. The molecule has 0 radical (unpaired) electrons. The maximum atomic E-state index is 12.9. The van der Waals surface area contributed by atoms with Crippen molar-refractivity contribution in [2.24, 2.45) is 5.41 Å². The highest BCUT2D eigenvalue weighted by atomic mass is 16.5. The third-order valence-corrected chi connectivity index (χ3v) is 4.81. The summed E-state index contributed by atoms with van der Waals surface area (Å²) >= 11 is 0. The van der Waals surface area contributed by atoms with E-state index in [1.54, 1.807) is 0 Å². The minimum atomic E-state index is -0.346. The molecular formula is C25H46O4. The van der Waals surface area contributed by atoms with E-state index in [0.717, 1.165) is 38.5 Å². The summed E-state index contributed by atoms with van der Waals surface area (Å²) in [5.74, 6) is -0.680. The zero-order valence-corrected chi connectivity index (χ0v) is 20.0. The van der Waals surface area contributed by atoms with E-state index in [0.29, 0.717) is 37.2 Å². The molecule has 0 aliphatic heterocycles. The van der Waals surface area contributed by atoms with Crippen molar-refractivity contribution in [1.82, 2.24) is 0 Å². The second kappa shape index (κ2) is 16.5. The Morgan fingerprint density at radius 1 is 0.621 bits per heavy atom. The Bertz CT molecular complexity index is 486. The van der Waals surface area contributed by atoms with Crippen molar-refractivity contribution < 1.29 is 19.1 Å². The van der Waals surface area contributed by atoms with E-state index in [1.165, 1.54) is 25.7 Å². The van der Waals surface area contributed by atoms with Gasteiger partial charge in [-0.15, -0.1) is 0 Å². The second-order valence-electron chi connectivity index (χ2n) is 9.19. The Kier molecular flexibility index (Phi) is 15.7. The fourth-order valence-corrected chi connectivity index (χ4v) is 3.08. The van der Waals surface area contributed by atoms with Gasteiger partial charge >= 0.3 is 11.9 Å². The number of hydrogen-bond donors (Lipinski definition) is 0. The van der Waals surface area contributed by atoms with Crippen LogP contribution in [0.1, 0.15) is 119 Å². The Morgan fingerprint density at radius 2 is 1.07 bits per heavy atom. The van der Waals surface area contributed by atoms with E-state index in [9.17, 15) is 9.59 Å². The smallest absolute Gasteiger partial charge is 0.334 e. The van der Waals surface area contributed by atoms with Crippen molar-refractivity contribution in [3.8, 4) is 0 Å². The van der Waals surface area contributed by atoms with Gasteiger partial charge in [0.2, 0.25) is 0 Å². The standard InChI is InChI=1S/C25H46O4/c1-7-10-13-14-15-16-17-21(23(26)28-18-11-8-2)22(20-25(4,5)6)24(27)29-19-12-9-3/h7-20H2,1-6H3/b22-21-. The number of hydrogen-bond acceptors (Lipinski definition) is 4. The van der Waals surface area contributed by atoms with Crippen molar-refractivity contribution in [2.45, 2.75) is 119 Å². The molecule has 0 bridgehead atoms. The first kappa shape index (κ1) is 27.7. The van der Waals surface area contributed by atoms with E-state index in [1.807, 2.05) is 0 Å². The maximum absolute atomic E-state index is 12.9. The lowest BCUT2D eigenvalue weighted by atomic mass is 9.85. The van der Waals surface area contributed by atoms with E-state index < -0.39 is 0 Å². The Labute approximate surface area is 179 Å². The molecule has 4 heteroatoms. The average Bonchev–Trinajstić information content (AvgIpc) is 2.65. The summed E-state index contributed by atoms with van der Waals surface area (Å²) in [5.41, 5.74) is 0.937. The minimum Gasteiger partial charge on any atom is -0.462 e. The summed E-state index contributed by atoms with van der Waals surface area (Å²) in [5, 5.41) is 0. The third-order valence-electron chi connectivity index (χ3n) is 4.81. The molecule has 4 nitrogen and oxygen atoms in total. The van der Waals surface area contributed by atoms with Crippen LogP contribution in [0.3, 0.4) is 0 Å². The summed E-state index contributed by atoms with van der Waals surface area (Å²) in [6, 6.07) is 0. The molecule has 0 rings (SSSR count). The van der Waals surface area contributed by atoms with Crippen LogP contribution in [0.5, 0.6) is 0 Å². The summed E-state index contributed by atoms with van der Waals surface area (Å²) in [7, 11) is 0. The molecule has 0 amide bonds. The molecule has 0 N–H and O–H groups in total. The van der Waals surface area contributed by atoms with Gasteiger partial charge in [0, 0.05) is 11.1 Å². The summed E-state index contributed by atoms with van der Waals surface area (Å²) < 4.78 is 11.0. The van der Waals surface area contributed by atoms with Gasteiger partial charge in [-0.3, -0.25) is 0 Å². The SMILES string of the molecule is CCCCCCCC/C(C(=O)OCCCC)=C(\CC(C)(C)C)C(=O)OCCCC. The van der Waals surface area contributed by atoms with Crippen molar-refractivity contribution >= 4 is 11.9 Å². The first-order chi connectivity index (χ1) is 13.8. The molecule has 0 aromatic heterocycles. The van der Waals surface area contributed by atoms with Crippen LogP contribution < -0.4 is 0 Å². The molecule has 29 heavy (non-hydrogen) atoms. The lowest BCUT2D eigenvalue weighted by molar-refractivity contribution is -0.143. The number of carbonyl (C=O) groups excluding carboxylic acids is 2. The van der Waals surface area contributed by atoms with E-state index >= 15 is 0 Å².